The van der Waals surface area contributed by atoms with Crippen LogP contribution in [0.4, 0.5) is 0 Å². The van der Waals surface area contributed by atoms with Crippen LogP contribution in [0, 0.1) is 0 Å². The summed E-state index contributed by atoms with van der Waals surface area (Å²) >= 11 is 0. The maximum atomic E-state index is 9.21. The fourth-order valence-electron chi connectivity index (χ4n) is 2.70. The Labute approximate surface area is 92.8 Å². The highest BCUT2D eigenvalue weighted by atomic mass is 16.3. The van der Waals surface area contributed by atoms with Crippen LogP contribution in [0.2, 0.25) is 0 Å². The van der Waals surface area contributed by atoms with E-state index in [4.69, 9.17) is 0 Å². The van der Waals surface area contributed by atoms with E-state index in [1.165, 1.54) is 38.9 Å². The third kappa shape index (κ3) is 3.16. The van der Waals surface area contributed by atoms with Crippen LogP contribution in [0.1, 0.15) is 39.0 Å². The summed E-state index contributed by atoms with van der Waals surface area (Å²) in [6, 6.07) is 1.30. The number of likely N-dealkylation sites (tertiary alicyclic amines) is 1. The minimum Gasteiger partial charge on any atom is -0.393 e. The highest BCUT2D eigenvalue weighted by Gasteiger charge is 2.29. The highest BCUT2D eigenvalue weighted by molar-refractivity contribution is 4.88. The molecule has 1 saturated carbocycles. The van der Waals surface area contributed by atoms with Crippen molar-refractivity contribution in [2.24, 2.45) is 0 Å². The quantitative estimate of drug-likeness (QED) is 0.729. The zero-order chi connectivity index (χ0) is 10.7. The summed E-state index contributed by atoms with van der Waals surface area (Å²) in [5.74, 6) is 0. The molecule has 0 unspecified atom stereocenters. The Morgan fingerprint density at radius 1 is 1.20 bits per heavy atom. The van der Waals surface area contributed by atoms with Crippen LogP contribution >= 0.6 is 0 Å². The molecule has 0 aromatic rings. The van der Waals surface area contributed by atoms with Gasteiger partial charge in [0.05, 0.1) is 6.10 Å². The summed E-state index contributed by atoms with van der Waals surface area (Å²) in [6.45, 7) is 6.01. The van der Waals surface area contributed by atoms with E-state index < -0.39 is 0 Å². The van der Waals surface area contributed by atoms with Crippen molar-refractivity contribution in [3.63, 3.8) is 0 Å². The fourth-order valence-corrected chi connectivity index (χ4v) is 2.70. The second-order valence-electron chi connectivity index (χ2n) is 5.10. The van der Waals surface area contributed by atoms with Gasteiger partial charge in [-0.05, 0) is 51.7 Å². The molecule has 0 bridgehead atoms. The van der Waals surface area contributed by atoms with E-state index in [0.717, 1.165) is 12.8 Å². The van der Waals surface area contributed by atoms with Gasteiger partial charge in [-0.2, -0.15) is 0 Å². The van der Waals surface area contributed by atoms with Gasteiger partial charge in [0.25, 0.3) is 0 Å². The maximum absolute atomic E-state index is 9.21. The van der Waals surface area contributed by atoms with Crippen molar-refractivity contribution in [1.82, 2.24) is 10.2 Å². The van der Waals surface area contributed by atoms with Crippen molar-refractivity contribution in [3.8, 4) is 0 Å². The van der Waals surface area contributed by atoms with E-state index in [1.807, 2.05) is 0 Å². The molecular formula is C12H24N2O. The molecule has 0 atom stereocenters. The molecule has 2 fully saturated rings. The Morgan fingerprint density at radius 3 is 2.40 bits per heavy atom. The Kier molecular flexibility index (Phi) is 4.00. The Morgan fingerprint density at radius 2 is 1.87 bits per heavy atom. The average molecular weight is 212 g/mol. The monoisotopic (exact) mass is 212 g/mol. The highest BCUT2D eigenvalue weighted by Crippen LogP contribution is 2.22. The van der Waals surface area contributed by atoms with Crippen molar-refractivity contribution in [2.75, 3.05) is 19.6 Å². The van der Waals surface area contributed by atoms with Crippen LogP contribution in [0.15, 0.2) is 0 Å². The number of hydrogen-bond acceptors (Lipinski definition) is 3. The van der Waals surface area contributed by atoms with Crippen LogP contribution in [0.3, 0.4) is 0 Å². The molecule has 0 spiro atoms. The van der Waals surface area contributed by atoms with Gasteiger partial charge in [0.15, 0.2) is 0 Å². The SMILES string of the molecule is CCCN1CCC(NC2CC(O)C2)CC1. The van der Waals surface area contributed by atoms with Crippen molar-refractivity contribution < 1.29 is 5.11 Å². The molecule has 0 radical (unpaired) electrons. The number of nitrogens with one attached hydrogen (secondary N) is 1. The van der Waals surface area contributed by atoms with Gasteiger partial charge < -0.3 is 15.3 Å². The lowest BCUT2D eigenvalue weighted by molar-refractivity contribution is 0.0522. The molecule has 0 aromatic carbocycles. The van der Waals surface area contributed by atoms with E-state index in [1.54, 1.807) is 0 Å². The van der Waals surface area contributed by atoms with Crippen molar-refractivity contribution in [2.45, 2.75) is 57.2 Å². The van der Waals surface area contributed by atoms with Gasteiger partial charge in [0.1, 0.15) is 0 Å². The lowest BCUT2D eigenvalue weighted by Crippen LogP contribution is -2.51. The molecule has 0 amide bonds. The van der Waals surface area contributed by atoms with Crippen LogP contribution < -0.4 is 5.32 Å². The molecule has 3 heteroatoms. The normalized spacial score (nSPS) is 34.0. The predicted molar refractivity (Wildman–Crippen MR) is 61.9 cm³/mol. The molecule has 1 saturated heterocycles. The first kappa shape index (κ1) is 11.4. The number of nitrogens with zero attached hydrogens (tertiary/aromatic N) is 1. The Bertz CT molecular complexity index is 184. The van der Waals surface area contributed by atoms with E-state index in [0.29, 0.717) is 12.1 Å². The second kappa shape index (κ2) is 5.28. The fraction of sp³-hybridized carbons (Fsp3) is 1.00. The zero-order valence-electron chi connectivity index (χ0n) is 9.78. The third-order valence-corrected chi connectivity index (χ3v) is 3.71. The van der Waals surface area contributed by atoms with Crippen molar-refractivity contribution in [3.05, 3.63) is 0 Å². The summed E-state index contributed by atoms with van der Waals surface area (Å²) in [7, 11) is 0. The van der Waals surface area contributed by atoms with Gasteiger partial charge >= 0.3 is 0 Å². The lowest BCUT2D eigenvalue weighted by atomic mass is 9.88. The minimum atomic E-state index is -0.0253. The molecule has 0 aromatic heterocycles. The summed E-state index contributed by atoms with van der Waals surface area (Å²) in [6.07, 6.45) is 5.75. The third-order valence-electron chi connectivity index (χ3n) is 3.71. The van der Waals surface area contributed by atoms with Crippen LogP contribution in [-0.2, 0) is 0 Å². The number of rotatable bonds is 4. The molecular weight excluding hydrogens is 188 g/mol. The second-order valence-corrected chi connectivity index (χ2v) is 5.10. The summed E-state index contributed by atoms with van der Waals surface area (Å²) in [5, 5.41) is 12.9. The van der Waals surface area contributed by atoms with Gasteiger partial charge in [-0.25, -0.2) is 0 Å². The summed E-state index contributed by atoms with van der Waals surface area (Å²) in [4.78, 5) is 2.56. The van der Waals surface area contributed by atoms with Gasteiger partial charge in [0, 0.05) is 12.1 Å². The molecule has 1 aliphatic heterocycles. The van der Waals surface area contributed by atoms with Crippen LogP contribution in [0.25, 0.3) is 0 Å². The van der Waals surface area contributed by atoms with Gasteiger partial charge in [-0.3, -0.25) is 0 Å². The number of aliphatic hydroxyl groups excluding tert-OH is 1. The zero-order valence-corrected chi connectivity index (χ0v) is 9.78. The lowest BCUT2D eigenvalue weighted by Gasteiger charge is -2.39. The number of piperidine rings is 1. The topological polar surface area (TPSA) is 35.5 Å². The molecule has 2 aliphatic rings. The van der Waals surface area contributed by atoms with E-state index in [-0.39, 0.29) is 6.10 Å². The molecule has 88 valence electrons. The first-order valence-electron chi connectivity index (χ1n) is 6.44. The first-order chi connectivity index (χ1) is 7.28. The molecule has 1 aliphatic carbocycles. The Balaban J connectivity index is 1.61. The maximum Gasteiger partial charge on any atom is 0.0570 e. The van der Waals surface area contributed by atoms with Gasteiger partial charge in [-0.1, -0.05) is 6.92 Å². The van der Waals surface area contributed by atoms with Crippen LogP contribution in [-0.4, -0.2) is 47.8 Å². The molecule has 2 N–H and O–H groups in total. The van der Waals surface area contributed by atoms with E-state index in [2.05, 4.69) is 17.1 Å². The average Bonchev–Trinajstić information content (AvgIpc) is 2.19. The molecule has 3 nitrogen and oxygen atoms in total. The van der Waals surface area contributed by atoms with E-state index >= 15 is 0 Å². The van der Waals surface area contributed by atoms with E-state index in [9.17, 15) is 5.11 Å². The van der Waals surface area contributed by atoms with Gasteiger partial charge in [0.2, 0.25) is 0 Å². The summed E-state index contributed by atoms with van der Waals surface area (Å²) in [5.41, 5.74) is 0. The Hall–Kier alpha value is -0.120. The molecule has 15 heavy (non-hydrogen) atoms. The standard InChI is InChI=1S/C12H24N2O/c1-2-5-14-6-3-10(4-7-14)13-11-8-12(15)9-11/h10-13,15H,2-9H2,1H3. The number of aliphatic hydroxyl groups is 1. The molecule has 1 heterocycles. The minimum absolute atomic E-state index is 0.0253. The van der Waals surface area contributed by atoms with Crippen molar-refractivity contribution in [1.29, 1.82) is 0 Å². The van der Waals surface area contributed by atoms with Crippen LogP contribution in [0.5, 0.6) is 0 Å². The smallest absolute Gasteiger partial charge is 0.0570 e. The first-order valence-corrected chi connectivity index (χ1v) is 6.44. The van der Waals surface area contributed by atoms with Crippen molar-refractivity contribution >= 4 is 0 Å². The van der Waals surface area contributed by atoms with Gasteiger partial charge in [-0.15, -0.1) is 0 Å². The summed E-state index contributed by atoms with van der Waals surface area (Å²) < 4.78 is 0. The largest absolute Gasteiger partial charge is 0.393 e. The number of hydrogen-bond donors (Lipinski definition) is 2. The predicted octanol–water partition coefficient (Wildman–Crippen LogP) is 0.974. The molecule has 2 rings (SSSR count).